The van der Waals surface area contributed by atoms with Crippen molar-refractivity contribution in [1.29, 1.82) is 0 Å². The predicted molar refractivity (Wildman–Crippen MR) is 152 cm³/mol. The van der Waals surface area contributed by atoms with E-state index in [0.717, 1.165) is 0 Å². The summed E-state index contributed by atoms with van der Waals surface area (Å²) in [6, 6.07) is 13.8. The topological polar surface area (TPSA) is 24.1 Å². The van der Waals surface area contributed by atoms with E-state index in [-0.39, 0.29) is 0 Å². The molecular weight excluding hydrogens is 416 g/mol. The van der Waals surface area contributed by atoms with Gasteiger partial charge in [-0.05, 0) is 57.0 Å². The fourth-order valence-electron chi connectivity index (χ4n) is 5.08. The Morgan fingerprint density at radius 3 is 0.879 bits per heavy atom. The lowest BCUT2D eigenvalue weighted by Crippen LogP contribution is -2.58. The summed E-state index contributed by atoms with van der Waals surface area (Å²) >= 11 is 0. The zero-order chi connectivity index (χ0) is 25.1. The SMILES string of the molecule is CC(C)c1cccc(C(C)C)c1N[Si](Nc1c(C(C)C)cccc1C(C)C)(C(C)C)C(C)C. The first-order valence-corrected chi connectivity index (χ1v) is 15.3. The molecule has 2 rings (SSSR count). The van der Waals surface area contributed by atoms with E-state index in [9.17, 15) is 0 Å². The molecular formula is C30H50N2Si. The molecule has 0 fully saturated rings. The number of anilines is 2. The quantitative estimate of drug-likeness (QED) is 0.340. The van der Waals surface area contributed by atoms with Gasteiger partial charge in [0.15, 0.2) is 0 Å². The summed E-state index contributed by atoms with van der Waals surface area (Å²) in [6.45, 7) is 28.2. The van der Waals surface area contributed by atoms with Gasteiger partial charge in [-0.2, -0.15) is 0 Å². The van der Waals surface area contributed by atoms with Crippen LogP contribution in [0.1, 0.15) is 129 Å². The van der Waals surface area contributed by atoms with E-state index >= 15 is 0 Å². The minimum absolute atomic E-state index is 0.478. The molecule has 0 saturated carbocycles. The molecule has 0 radical (unpaired) electrons. The fourth-order valence-corrected chi connectivity index (χ4v) is 9.03. The molecule has 2 N–H and O–H groups in total. The lowest BCUT2D eigenvalue weighted by Gasteiger charge is -2.44. The Kier molecular flexibility index (Phi) is 9.27. The van der Waals surface area contributed by atoms with Crippen LogP contribution in [0.15, 0.2) is 36.4 Å². The lowest BCUT2D eigenvalue weighted by molar-refractivity contribution is 0.829. The van der Waals surface area contributed by atoms with E-state index < -0.39 is 8.40 Å². The summed E-state index contributed by atoms with van der Waals surface area (Å²) < 4.78 is 0. The molecule has 0 saturated heterocycles. The van der Waals surface area contributed by atoms with Gasteiger partial charge in [0.2, 0.25) is 0 Å². The first-order valence-electron chi connectivity index (χ1n) is 13.1. The van der Waals surface area contributed by atoms with E-state index in [0.29, 0.717) is 34.8 Å². The van der Waals surface area contributed by atoms with Gasteiger partial charge >= 0.3 is 0 Å². The molecule has 2 aromatic carbocycles. The molecule has 0 aliphatic carbocycles. The highest BCUT2D eigenvalue weighted by Gasteiger charge is 2.43. The molecule has 2 aromatic rings. The van der Waals surface area contributed by atoms with Gasteiger partial charge < -0.3 is 9.96 Å². The average Bonchev–Trinajstić information content (AvgIpc) is 2.72. The van der Waals surface area contributed by atoms with Crippen molar-refractivity contribution in [3.8, 4) is 0 Å². The Morgan fingerprint density at radius 1 is 0.455 bits per heavy atom. The van der Waals surface area contributed by atoms with Crippen LogP contribution in [0.5, 0.6) is 0 Å². The van der Waals surface area contributed by atoms with Crippen LogP contribution in [0.25, 0.3) is 0 Å². The third-order valence-electron chi connectivity index (χ3n) is 7.23. The van der Waals surface area contributed by atoms with Crippen molar-refractivity contribution in [2.24, 2.45) is 0 Å². The Balaban J connectivity index is 2.78. The van der Waals surface area contributed by atoms with Crippen LogP contribution < -0.4 is 9.96 Å². The maximum absolute atomic E-state index is 4.30. The smallest absolute Gasteiger partial charge is 0.264 e. The molecule has 0 bridgehead atoms. The number of benzene rings is 2. The average molecular weight is 467 g/mol. The third-order valence-corrected chi connectivity index (χ3v) is 12.2. The monoisotopic (exact) mass is 466 g/mol. The second-order valence-electron chi connectivity index (χ2n) is 11.7. The molecule has 33 heavy (non-hydrogen) atoms. The largest absolute Gasteiger partial charge is 0.393 e. The van der Waals surface area contributed by atoms with Crippen LogP contribution in [0.3, 0.4) is 0 Å². The van der Waals surface area contributed by atoms with E-state index in [1.165, 1.54) is 33.6 Å². The van der Waals surface area contributed by atoms with Gasteiger partial charge in [-0.25, -0.2) is 0 Å². The van der Waals surface area contributed by atoms with E-state index in [1.54, 1.807) is 0 Å². The van der Waals surface area contributed by atoms with Crippen LogP contribution >= 0.6 is 0 Å². The number of para-hydroxylation sites is 2. The molecule has 0 unspecified atom stereocenters. The zero-order valence-corrected chi connectivity index (χ0v) is 24.4. The maximum Gasteiger partial charge on any atom is 0.264 e. The van der Waals surface area contributed by atoms with Crippen LogP contribution in [-0.2, 0) is 0 Å². The molecule has 0 aliphatic heterocycles. The second-order valence-corrected chi connectivity index (χ2v) is 16.2. The van der Waals surface area contributed by atoms with Crippen molar-refractivity contribution in [3.63, 3.8) is 0 Å². The maximum atomic E-state index is 4.30. The Bertz CT molecular complexity index is 782. The highest BCUT2D eigenvalue weighted by molar-refractivity contribution is 6.88. The van der Waals surface area contributed by atoms with Crippen LogP contribution in [-0.4, -0.2) is 8.40 Å². The molecule has 0 heterocycles. The number of rotatable bonds is 10. The van der Waals surface area contributed by atoms with E-state index in [2.05, 4.69) is 129 Å². The van der Waals surface area contributed by atoms with Crippen molar-refractivity contribution in [1.82, 2.24) is 0 Å². The van der Waals surface area contributed by atoms with Crippen molar-refractivity contribution in [2.45, 2.75) is 118 Å². The van der Waals surface area contributed by atoms with Crippen molar-refractivity contribution < 1.29 is 0 Å². The molecule has 0 aromatic heterocycles. The molecule has 0 aliphatic rings. The van der Waals surface area contributed by atoms with Gasteiger partial charge in [0.05, 0.1) is 0 Å². The molecule has 0 amide bonds. The first-order chi connectivity index (χ1) is 15.3. The van der Waals surface area contributed by atoms with Crippen LogP contribution in [0.4, 0.5) is 11.4 Å². The molecule has 0 atom stereocenters. The summed E-state index contributed by atoms with van der Waals surface area (Å²) in [7, 11) is -2.24. The molecule has 0 spiro atoms. The second kappa shape index (κ2) is 11.1. The van der Waals surface area contributed by atoms with Crippen LogP contribution in [0.2, 0.25) is 11.1 Å². The minimum Gasteiger partial charge on any atom is -0.393 e. The van der Waals surface area contributed by atoms with E-state index in [1.807, 2.05) is 0 Å². The Labute approximate surface area is 206 Å². The molecule has 184 valence electrons. The Morgan fingerprint density at radius 2 is 0.697 bits per heavy atom. The van der Waals surface area contributed by atoms with Crippen molar-refractivity contribution in [2.75, 3.05) is 9.96 Å². The van der Waals surface area contributed by atoms with Gasteiger partial charge in [-0.15, -0.1) is 0 Å². The standard InChI is InChI=1S/C30H50N2Si/c1-19(2)25-15-13-16-26(20(3)4)29(25)31-33(23(9)10,24(11)12)32-30-27(21(5)6)17-14-18-28(30)22(7)8/h13-24,31-32H,1-12H3. The Hall–Kier alpha value is -1.74. The van der Waals surface area contributed by atoms with E-state index in [4.69, 9.17) is 0 Å². The van der Waals surface area contributed by atoms with Crippen molar-refractivity contribution in [3.05, 3.63) is 58.7 Å². The summed E-state index contributed by atoms with van der Waals surface area (Å²) in [5.74, 6) is 1.91. The predicted octanol–water partition coefficient (Wildman–Crippen LogP) is 9.97. The highest BCUT2D eigenvalue weighted by atomic mass is 28.3. The summed E-state index contributed by atoms with van der Waals surface area (Å²) in [5, 5.41) is 0. The molecule has 3 heteroatoms. The molecule has 2 nitrogen and oxygen atoms in total. The van der Waals surface area contributed by atoms with Gasteiger partial charge in [0.1, 0.15) is 0 Å². The summed E-state index contributed by atoms with van der Waals surface area (Å²) in [6.07, 6.45) is 0. The first kappa shape index (κ1) is 27.5. The van der Waals surface area contributed by atoms with Gasteiger partial charge in [-0.3, -0.25) is 0 Å². The number of hydrogen-bond donors (Lipinski definition) is 2. The summed E-state index contributed by atoms with van der Waals surface area (Å²) in [4.78, 5) is 8.60. The lowest BCUT2D eigenvalue weighted by atomic mass is 9.93. The van der Waals surface area contributed by atoms with Gasteiger partial charge in [0.25, 0.3) is 8.40 Å². The van der Waals surface area contributed by atoms with Crippen molar-refractivity contribution >= 4 is 19.8 Å². The number of nitrogens with one attached hydrogen (secondary N) is 2. The zero-order valence-electron chi connectivity index (χ0n) is 23.4. The minimum atomic E-state index is -2.24. The fraction of sp³-hybridized carbons (Fsp3) is 0.600. The number of hydrogen-bond acceptors (Lipinski definition) is 2. The third kappa shape index (κ3) is 5.85. The normalized spacial score (nSPS) is 12.7. The highest BCUT2D eigenvalue weighted by Crippen LogP contribution is 2.42. The summed E-state index contributed by atoms with van der Waals surface area (Å²) in [5.41, 5.74) is 9.50. The van der Waals surface area contributed by atoms with Gasteiger partial charge in [0, 0.05) is 11.4 Å². The van der Waals surface area contributed by atoms with Gasteiger partial charge in [-0.1, -0.05) is 119 Å². The van der Waals surface area contributed by atoms with Crippen LogP contribution in [0, 0.1) is 0 Å².